The highest BCUT2D eigenvalue weighted by molar-refractivity contribution is 5.53. The first-order chi connectivity index (χ1) is 9.58. The van der Waals surface area contributed by atoms with Crippen LogP contribution in [0.2, 0.25) is 0 Å². The second-order valence-electron chi connectivity index (χ2n) is 6.27. The van der Waals surface area contributed by atoms with Gasteiger partial charge in [0, 0.05) is 18.6 Å². The van der Waals surface area contributed by atoms with Crippen molar-refractivity contribution in [1.82, 2.24) is 0 Å². The average Bonchev–Trinajstić information content (AvgIpc) is 3.00. The highest BCUT2D eigenvalue weighted by Crippen LogP contribution is 2.42. The summed E-state index contributed by atoms with van der Waals surface area (Å²) in [5, 5.41) is 0. The van der Waals surface area contributed by atoms with Gasteiger partial charge in [-0.05, 0) is 55.7 Å². The minimum Gasteiger partial charge on any atom is -0.364 e. The molecule has 1 aromatic carbocycles. The molecule has 1 aliphatic heterocycles. The van der Waals surface area contributed by atoms with Crippen molar-refractivity contribution in [2.24, 2.45) is 11.7 Å². The molecule has 110 valence electrons. The summed E-state index contributed by atoms with van der Waals surface area (Å²) in [5.41, 5.74) is 6.69. The minimum absolute atomic E-state index is 0.0394. The maximum absolute atomic E-state index is 14.3. The first-order valence-corrected chi connectivity index (χ1v) is 7.58. The number of anilines is 1. The lowest BCUT2D eigenvalue weighted by Crippen LogP contribution is -2.33. The van der Waals surface area contributed by atoms with Crippen molar-refractivity contribution in [3.63, 3.8) is 0 Å². The molecule has 2 fully saturated rings. The topological polar surface area (TPSA) is 29.3 Å². The number of halogens is 2. The fourth-order valence-corrected chi connectivity index (χ4v) is 3.66. The number of nitrogens with two attached hydrogens (primary N) is 1. The Bertz CT molecular complexity index is 480. The third kappa shape index (κ3) is 2.41. The molecule has 3 rings (SSSR count). The Morgan fingerprint density at radius 3 is 2.50 bits per heavy atom. The average molecular weight is 280 g/mol. The largest absolute Gasteiger partial charge is 0.364 e. The Labute approximate surface area is 118 Å². The number of benzene rings is 1. The number of nitrogens with zero attached hydrogens (tertiary/aromatic N) is 1. The van der Waals surface area contributed by atoms with Crippen LogP contribution in [0.1, 0.15) is 38.2 Å². The quantitative estimate of drug-likeness (QED) is 0.917. The van der Waals surface area contributed by atoms with E-state index in [-0.39, 0.29) is 11.7 Å². The molecule has 1 saturated carbocycles. The molecule has 2 N–H and O–H groups in total. The summed E-state index contributed by atoms with van der Waals surface area (Å²) in [4.78, 5) is 1.93. The highest BCUT2D eigenvalue weighted by Gasteiger charge is 2.39. The van der Waals surface area contributed by atoms with Crippen LogP contribution in [0.15, 0.2) is 12.1 Å². The van der Waals surface area contributed by atoms with E-state index >= 15 is 0 Å². The van der Waals surface area contributed by atoms with Crippen LogP contribution in [0.25, 0.3) is 0 Å². The summed E-state index contributed by atoms with van der Waals surface area (Å²) < 4.78 is 28.6. The van der Waals surface area contributed by atoms with E-state index in [1.54, 1.807) is 0 Å². The van der Waals surface area contributed by atoms with E-state index in [9.17, 15) is 8.78 Å². The number of piperidine rings is 1. The molecule has 20 heavy (non-hydrogen) atoms. The molecule has 0 spiro atoms. The Kier molecular flexibility index (Phi) is 3.67. The minimum atomic E-state index is -0.434. The summed E-state index contributed by atoms with van der Waals surface area (Å²) in [6.45, 7) is 2.78. The van der Waals surface area contributed by atoms with Crippen molar-refractivity contribution < 1.29 is 8.78 Å². The molecule has 1 aromatic rings. The van der Waals surface area contributed by atoms with Gasteiger partial charge in [-0.15, -0.1) is 0 Å². The smallest absolute Gasteiger partial charge is 0.149 e. The SMILES string of the molecule is CCC(N)Cc1cc(F)c(N2CC3CCC2C3)c(F)c1. The lowest BCUT2D eigenvalue weighted by Gasteiger charge is -2.30. The lowest BCUT2D eigenvalue weighted by molar-refractivity contribution is 0.518. The van der Waals surface area contributed by atoms with Gasteiger partial charge in [0.1, 0.15) is 17.3 Å². The van der Waals surface area contributed by atoms with E-state index < -0.39 is 11.6 Å². The third-order valence-electron chi connectivity index (χ3n) is 4.80. The van der Waals surface area contributed by atoms with Gasteiger partial charge >= 0.3 is 0 Å². The summed E-state index contributed by atoms with van der Waals surface area (Å²) >= 11 is 0. The predicted molar refractivity (Wildman–Crippen MR) is 76.8 cm³/mol. The van der Waals surface area contributed by atoms with E-state index in [1.165, 1.54) is 18.6 Å². The second kappa shape index (κ2) is 5.32. The van der Waals surface area contributed by atoms with Crippen LogP contribution in [-0.4, -0.2) is 18.6 Å². The Morgan fingerprint density at radius 2 is 2.00 bits per heavy atom. The zero-order valence-corrected chi connectivity index (χ0v) is 11.9. The van der Waals surface area contributed by atoms with Gasteiger partial charge in [-0.2, -0.15) is 0 Å². The van der Waals surface area contributed by atoms with Crippen molar-refractivity contribution >= 4 is 5.69 Å². The van der Waals surface area contributed by atoms with Crippen LogP contribution in [0.3, 0.4) is 0 Å². The molecule has 3 unspecified atom stereocenters. The predicted octanol–water partition coefficient (Wildman–Crippen LogP) is 3.23. The summed E-state index contributed by atoms with van der Waals surface area (Å²) in [5.74, 6) is -0.251. The van der Waals surface area contributed by atoms with Crippen molar-refractivity contribution in [1.29, 1.82) is 0 Å². The first kappa shape index (κ1) is 13.8. The van der Waals surface area contributed by atoms with E-state index in [4.69, 9.17) is 5.73 Å². The third-order valence-corrected chi connectivity index (χ3v) is 4.80. The Balaban J connectivity index is 1.85. The molecule has 0 radical (unpaired) electrons. The molecule has 1 saturated heterocycles. The fraction of sp³-hybridized carbons (Fsp3) is 0.625. The van der Waals surface area contributed by atoms with Gasteiger partial charge in [0.05, 0.1) is 0 Å². The number of rotatable bonds is 4. The zero-order valence-electron chi connectivity index (χ0n) is 11.9. The monoisotopic (exact) mass is 280 g/mol. The summed E-state index contributed by atoms with van der Waals surface area (Å²) in [7, 11) is 0. The maximum Gasteiger partial charge on any atom is 0.149 e. The Hall–Kier alpha value is -1.16. The van der Waals surface area contributed by atoms with Gasteiger partial charge in [-0.3, -0.25) is 0 Å². The van der Waals surface area contributed by atoms with E-state index in [1.807, 2.05) is 11.8 Å². The highest BCUT2D eigenvalue weighted by atomic mass is 19.1. The van der Waals surface area contributed by atoms with Gasteiger partial charge in [0.25, 0.3) is 0 Å². The van der Waals surface area contributed by atoms with Gasteiger partial charge in [-0.1, -0.05) is 6.92 Å². The van der Waals surface area contributed by atoms with Crippen LogP contribution in [-0.2, 0) is 6.42 Å². The van der Waals surface area contributed by atoms with Gasteiger partial charge in [-0.25, -0.2) is 8.78 Å². The molecule has 0 amide bonds. The molecule has 2 bridgehead atoms. The lowest BCUT2D eigenvalue weighted by atomic mass is 10.0. The molecule has 4 heteroatoms. The van der Waals surface area contributed by atoms with Crippen molar-refractivity contribution in [3.8, 4) is 0 Å². The molecule has 1 aliphatic carbocycles. The molecule has 2 aliphatic rings. The molecule has 0 aromatic heterocycles. The summed E-state index contributed by atoms with van der Waals surface area (Å²) in [6.07, 6.45) is 4.68. The normalized spacial score (nSPS) is 26.3. The van der Waals surface area contributed by atoms with Crippen LogP contribution >= 0.6 is 0 Å². The molecular formula is C16H22F2N2. The van der Waals surface area contributed by atoms with Crippen LogP contribution in [0.5, 0.6) is 0 Å². The van der Waals surface area contributed by atoms with Crippen LogP contribution in [0, 0.1) is 17.6 Å². The number of hydrogen-bond acceptors (Lipinski definition) is 2. The molecule has 1 heterocycles. The summed E-state index contributed by atoms with van der Waals surface area (Å²) in [6, 6.07) is 3.20. The second-order valence-corrected chi connectivity index (χ2v) is 6.27. The van der Waals surface area contributed by atoms with Gasteiger partial charge < -0.3 is 10.6 Å². The van der Waals surface area contributed by atoms with Crippen molar-refractivity contribution in [3.05, 3.63) is 29.3 Å². The Morgan fingerprint density at radius 1 is 1.30 bits per heavy atom. The van der Waals surface area contributed by atoms with E-state index in [2.05, 4.69) is 0 Å². The number of hydrogen-bond donors (Lipinski definition) is 1. The van der Waals surface area contributed by atoms with E-state index in [0.717, 1.165) is 25.8 Å². The molecule has 2 nitrogen and oxygen atoms in total. The van der Waals surface area contributed by atoms with Gasteiger partial charge in [0.2, 0.25) is 0 Å². The van der Waals surface area contributed by atoms with Crippen LogP contribution < -0.4 is 10.6 Å². The standard InChI is InChI=1S/C16H22F2N2/c1-2-12(19)5-11-7-14(17)16(15(18)8-11)20-9-10-3-4-13(20)6-10/h7-8,10,12-13H,2-6,9,19H2,1H3. The molecular weight excluding hydrogens is 258 g/mol. The number of fused-ring (bicyclic) bond motifs is 2. The maximum atomic E-state index is 14.3. The molecule has 3 atom stereocenters. The first-order valence-electron chi connectivity index (χ1n) is 7.58. The van der Waals surface area contributed by atoms with Crippen LogP contribution in [0.4, 0.5) is 14.5 Å². The van der Waals surface area contributed by atoms with Crippen molar-refractivity contribution in [2.45, 2.75) is 51.1 Å². The zero-order chi connectivity index (χ0) is 14.3. The fourth-order valence-electron chi connectivity index (χ4n) is 3.66. The van der Waals surface area contributed by atoms with Gasteiger partial charge in [0.15, 0.2) is 0 Å². The van der Waals surface area contributed by atoms with E-state index in [0.29, 0.717) is 23.9 Å². The van der Waals surface area contributed by atoms with Crippen molar-refractivity contribution in [2.75, 3.05) is 11.4 Å².